The van der Waals surface area contributed by atoms with E-state index in [1.165, 1.54) is 0 Å². The van der Waals surface area contributed by atoms with Gasteiger partial charge < -0.3 is 4.98 Å². The van der Waals surface area contributed by atoms with Crippen molar-refractivity contribution in [2.45, 2.75) is 6.92 Å². The van der Waals surface area contributed by atoms with Crippen LogP contribution in [-0.2, 0) is 0 Å². The highest BCUT2D eigenvalue weighted by Gasteiger charge is 2.01. The van der Waals surface area contributed by atoms with Crippen LogP contribution in [0.15, 0.2) is 53.9 Å². The van der Waals surface area contributed by atoms with Crippen molar-refractivity contribution in [2.24, 2.45) is 5.10 Å². The quantitative estimate of drug-likeness (QED) is 0.555. The summed E-state index contributed by atoms with van der Waals surface area (Å²) in [7, 11) is 0. The lowest BCUT2D eigenvalue weighted by Crippen LogP contribution is -2.00. The zero-order valence-electron chi connectivity index (χ0n) is 10.5. The second kappa shape index (κ2) is 4.89. The number of H-pyrrole nitrogens is 1. The Morgan fingerprint density at radius 3 is 2.89 bits per heavy atom. The third-order valence-corrected chi connectivity index (χ3v) is 2.80. The lowest BCUT2D eigenvalue weighted by atomic mass is 10.2. The van der Waals surface area contributed by atoms with Gasteiger partial charge in [0.05, 0.1) is 16.7 Å². The summed E-state index contributed by atoms with van der Waals surface area (Å²) in [4.78, 5) is 11.6. The molecule has 0 amide bonds. The molecule has 0 saturated heterocycles. The second-order valence-electron chi connectivity index (χ2n) is 4.15. The Morgan fingerprint density at radius 2 is 2.11 bits per heavy atom. The number of imidazole rings is 1. The van der Waals surface area contributed by atoms with Gasteiger partial charge in [0.1, 0.15) is 0 Å². The van der Waals surface area contributed by atoms with Gasteiger partial charge in [-0.1, -0.05) is 18.2 Å². The Balaban J connectivity index is 1.82. The molecule has 0 radical (unpaired) electrons. The van der Waals surface area contributed by atoms with Crippen molar-refractivity contribution in [2.75, 3.05) is 5.43 Å². The van der Waals surface area contributed by atoms with E-state index in [1.807, 2.05) is 43.3 Å². The van der Waals surface area contributed by atoms with Crippen molar-refractivity contribution >= 4 is 22.7 Å². The van der Waals surface area contributed by atoms with E-state index in [1.54, 1.807) is 12.4 Å². The summed E-state index contributed by atoms with van der Waals surface area (Å²) in [6.07, 6.45) is 3.52. The molecule has 0 bridgehead atoms. The van der Waals surface area contributed by atoms with E-state index >= 15 is 0 Å². The van der Waals surface area contributed by atoms with Crippen molar-refractivity contribution in [1.29, 1.82) is 0 Å². The molecule has 3 rings (SSSR count). The number of para-hydroxylation sites is 2. The number of pyridine rings is 1. The lowest BCUT2D eigenvalue weighted by molar-refractivity contribution is 1.20. The molecule has 5 heteroatoms. The Labute approximate surface area is 110 Å². The summed E-state index contributed by atoms with van der Waals surface area (Å²) in [5.41, 5.74) is 6.66. The van der Waals surface area contributed by atoms with Crippen LogP contribution in [0.1, 0.15) is 12.5 Å². The average molecular weight is 251 g/mol. The van der Waals surface area contributed by atoms with E-state index in [9.17, 15) is 0 Å². The zero-order valence-corrected chi connectivity index (χ0v) is 10.5. The highest BCUT2D eigenvalue weighted by molar-refractivity contribution is 5.98. The Hall–Kier alpha value is -2.69. The molecule has 2 aromatic heterocycles. The molecular weight excluding hydrogens is 238 g/mol. The van der Waals surface area contributed by atoms with E-state index in [0.29, 0.717) is 5.95 Å². The third kappa shape index (κ3) is 2.44. The molecule has 2 N–H and O–H groups in total. The Kier molecular flexibility index (Phi) is 2.94. The van der Waals surface area contributed by atoms with Crippen molar-refractivity contribution in [3.8, 4) is 0 Å². The van der Waals surface area contributed by atoms with Crippen LogP contribution >= 0.6 is 0 Å². The molecule has 94 valence electrons. The molecule has 2 heterocycles. The van der Waals surface area contributed by atoms with Gasteiger partial charge in [-0.05, 0) is 25.1 Å². The van der Waals surface area contributed by atoms with Gasteiger partial charge in [0.25, 0.3) is 0 Å². The molecule has 0 aliphatic rings. The number of fused-ring (bicyclic) bond motifs is 1. The number of rotatable bonds is 3. The van der Waals surface area contributed by atoms with Crippen LogP contribution in [0.3, 0.4) is 0 Å². The summed E-state index contributed by atoms with van der Waals surface area (Å²) in [5, 5.41) is 4.29. The predicted octanol–water partition coefficient (Wildman–Crippen LogP) is 2.79. The fourth-order valence-electron chi connectivity index (χ4n) is 1.78. The molecular formula is C14H13N5. The van der Waals surface area contributed by atoms with Crippen LogP contribution in [0, 0.1) is 0 Å². The van der Waals surface area contributed by atoms with Crippen LogP contribution in [0.5, 0.6) is 0 Å². The maximum absolute atomic E-state index is 4.39. The van der Waals surface area contributed by atoms with Gasteiger partial charge in [0.2, 0.25) is 5.95 Å². The minimum absolute atomic E-state index is 0.629. The van der Waals surface area contributed by atoms with Crippen molar-refractivity contribution in [3.05, 3.63) is 54.4 Å². The summed E-state index contributed by atoms with van der Waals surface area (Å²) in [5.74, 6) is 0.629. The summed E-state index contributed by atoms with van der Waals surface area (Å²) in [6.45, 7) is 1.92. The summed E-state index contributed by atoms with van der Waals surface area (Å²) < 4.78 is 0. The first-order valence-electron chi connectivity index (χ1n) is 5.98. The number of hydrogen-bond acceptors (Lipinski definition) is 4. The first kappa shape index (κ1) is 11.4. The molecule has 0 saturated carbocycles. The molecule has 0 aliphatic heterocycles. The zero-order chi connectivity index (χ0) is 13.1. The molecule has 0 fully saturated rings. The van der Waals surface area contributed by atoms with Crippen LogP contribution in [0.2, 0.25) is 0 Å². The Bertz CT molecular complexity index is 682. The molecule has 3 aromatic rings. The SMILES string of the molecule is CC(=NNc1nc2ccccc2[nH]1)c1cccnc1. The van der Waals surface area contributed by atoms with Gasteiger partial charge in [-0.2, -0.15) is 5.10 Å². The predicted molar refractivity (Wildman–Crippen MR) is 76.2 cm³/mol. The van der Waals surface area contributed by atoms with E-state index in [2.05, 4.69) is 25.5 Å². The molecule has 0 spiro atoms. The van der Waals surface area contributed by atoms with Gasteiger partial charge in [-0.3, -0.25) is 4.98 Å². The maximum Gasteiger partial charge on any atom is 0.222 e. The smallest absolute Gasteiger partial charge is 0.222 e. The van der Waals surface area contributed by atoms with Gasteiger partial charge in [0, 0.05) is 18.0 Å². The average Bonchev–Trinajstić information content (AvgIpc) is 2.88. The van der Waals surface area contributed by atoms with Gasteiger partial charge in [0.15, 0.2) is 0 Å². The Morgan fingerprint density at radius 1 is 1.21 bits per heavy atom. The topological polar surface area (TPSA) is 66.0 Å². The number of nitrogens with zero attached hydrogens (tertiary/aromatic N) is 3. The van der Waals surface area contributed by atoms with Crippen molar-refractivity contribution in [1.82, 2.24) is 15.0 Å². The number of benzene rings is 1. The number of aromatic amines is 1. The molecule has 0 atom stereocenters. The maximum atomic E-state index is 4.39. The number of hydrogen-bond donors (Lipinski definition) is 2. The lowest BCUT2D eigenvalue weighted by Gasteiger charge is -1.99. The van der Waals surface area contributed by atoms with Gasteiger partial charge >= 0.3 is 0 Å². The minimum atomic E-state index is 0.629. The van der Waals surface area contributed by atoms with Crippen LogP contribution in [0.4, 0.5) is 5.95 Å². The van der Waals surface area contributed by atoms with E-state index in [-0.39, 0.29) is 0 Å². The highest BCUT2D eigenvalue weighted by atomic mass is 15.4. The monoisotopic (exact) mass is 251 g/mol. The van der Waals surface area contributed by atoms with E-state index < -0.39 is 0 Å². The van der Waals surface area contributed by atoms with Gasteiger partial charge in [-0.25, -0.2) is 10.4 Å². The molecule has 5 nitrogen and oxygen atoms in total. The summed E-state index contributed by atoms with van der Waals surface area (Å²) in [6, 6.07) is 11.7. The number of anilines is 1. The molecule has 0 unspecified atom stereocenters. The van der Waals surface area contributed by atoms with Crippen molar-refractivity contribution in [3.63, 3.8) is 0 Å². The first-order valence-corrected chi connectivity index (χ1v) is 5.98. The fraction of sp³-hybridized carbons (Fsp3) is 0.0714. The number of hydrazone groups is 1. The van der Waals surface area contributed by atoms with E-state index in [4.69, 9.17) is 0 Å². The summed E-state index contributed by atoms with van der Waals surface area (Å²) >= 11 is 0. The highest BCUT2D eigenvalue weighted by Crippen LogP contribution is 2.13. The third-order valence-electron chi connectivity index (χ3n) is 2.80. The largest absolute Gasteiger partial charge is 0.323 e. The standard InChI is InChI=1S/C14H13N5/c1-10(11-5-4-8-15-9-11)18-19-14-16-12-6-2-3-7-13(12)17-14/h2-9H,1H3,(H2,16,17,19). The first-order chi connectivity index (χ1) is 9.33. The normalized spacial score (nSPS) is 11.7. The number of aromatic nitrogens is 3. The van der Waals surface area contributed by atoms with Crippen LogP contribution in [0.25, 0.3) is 11.0 Å². The molecule has 19 heavy (non-hydrogen) atoms. The number of nitrogens with one attached hydrogen (secondary N) is 2. The second-order valence-corrected chi connectivity index (χ2v) is 4.15. The molecule has 1 aromatic carbocycles. The van der Waals surface area contributed by atoms with Crippen LogP contribution in [-0.4, -0.2) is 20.7 Å². The van der Waals surface area contributed by atoms with E-state index in [0.717, 1.165) is 22.3 Å². The van der Waals surface area contributed by atoms with Crippen LogP contribution < -0.4 is 5.43 Å². The molecule has 0 aliphatic carbocycles. The minimum Gasteiger partial charge on any atom is -0.323 e. The van der Waals surface area contributed by atoms with Gasteiger partial charge in [-0.15, -0.1) is 0 Å². The fourth-order valence-corrected chi connectivity index (χ4v) is 1.78. The van der Waals surface area contributed by atoms with Crippen molar-refractivity contribution < 1.29 is 0 Å².